The van der Waals surface area contributed by atoms with Crippen molar-refractivity contribution in [3.05, 3.63) is 53.5 Å². The van der Waals surface area contributed by atoms with Gasteiger partial charge in [-0.1, -0.05) is 0 Å². The molecular formula is C16H14N4OS2. The molecule has 23 heavy (non-hydrogen) atoms. The van der Waals surface area contributed by atoms with Crippen molar-refractivity contribution in [3.63, 3.8) is 0 Å². The number of nitriles is 1. The van der Waals surface area contributed by atoms with Crippen LogP contribution in [0, 0.1) is 11.3 Å². The van der Waals surface area contributed by atoms with Crippen molar-refractivity contribution >= 4 is 29.4 Å². The Morgan fingerprint density at radius 2 is 2.17 bits per heavy atom. The molecule has 1 unspecified atom stereocenters. The Morgan fingerprint density at radius 3 is 2.87 bits per heavy atom. The molecule has 0 aromatic carbocycles. The summed E-state index contributed by atoms with van der Waals surface area (Å²) in [7, 11) is 0. The second-order valence-electron chi connectivity index (χ2n) is 4.95. The van der Waals surface area contributed by atoms with Gasteiger partial charge in [-0.25, -0.2) is 4.98 Å². The van der Waals surface area contributed by atoms with E-state index in [-0.39, 0.29) is 11.3 Å². The molecule has 3 rings (SSSR count). The Hall–Kier alpha value is -2.04. The summed E-state index contributed by atoms with van der Waals surface area (Å²) in [5.41, 5.74) is 2.43. The maximum atomic E-state index is 12.2. The zero-order valence-electron chi connectivity index (χ0n) is 12.5. The quantitative estimate of drug-likeness (QED) is 0.796. The second-order valence-corrected chi connectivity index (χ2v) is 6.81. The fraction of sp³-hybridized carbons (Fsp3) is 0.250. The lowest BCUT2D eigenvalue weighted by atomic mass is 10.2. The third-order valence-corrected chi connectivity index (χ3v) is 5.44. The predicted octanol–water partition coefficient (Wildman–Crippen LogP) is 2.84. The highest BCUT2D eigenvalue weighted by molar-refractivity contribution is 8.00. The first-order valence-corrected chi connectivity index (χ1v) is 9.25. The van der Waals surface area contributed by atoms with Crippen LogP contribution in [0.4, 0.5) is 0 Å². The number of thioether (sulfide) groups is 2. The first-order chi connectivity index (χ1) is 11.2. The lowest BCUT2D eigenvalue weighted by molar-refractivity contribution is -0.128. The fourth-order valence-electron chi connectivity index (χ4n) is 2.39. The summed E-state index contributed by atoms with van der Waals surface area (Å²) in [6.45, 7) is 0.537. The molecule has 0 spiro atoms. The molecule has 7 heteroatoms. The van der Waals surface area contributed by atoms with Gasteiger partial charge in [0.2, 0.25) is 5.91 Å². The highest BCUT2D eigenvalue weighted by Crippen LogP contribution is 2.39. The number of hydrogen-bond donors (Lipinski definition) is 0. The molecule has 0 radical (unpaired) electrons. The van der Waals surface area contributed by atoms with Crippen LogP contribution < -0.4 is 0 Å². The summed E-state index contributed by atoms with van der Waals surface area (Å²) in [4.78, 5) is 22.7. The van der Waals surface area contributed by atoms with Gasteiger partial charge in [-0.05, 0) is 36.1 Å². The van der Waals surface area contributed by atoms with Crippen LogP contribution in [0.3, 0.4) is 0 Å². The molecule has 0 aliphatic carbocycles. The molecular weight excluding hydrogens is 328 g/mol. The standard InChI is InChI=1S/C16H14N4OS2/c1-22-15-12(8-17)2-3-13(19-15)16-20(14(21)10-23-16)9-11-4-6-18-7-5-11/h2-7,16H,9-10H2,1H3. The maximum Gasteiger partial charge on any atom is 0.234 e. The third kappa shape index (κ3) is 3.33. The molecule has 1 fully saturated rings. The van der Waals surface area contributed by atoms with Crippen molar-refractivity contribution in [1.29, 1.82) is 5.26 Å². The van der Waals surface area contributed by atoms with Gasteiger partial charge in [-0.2, -0.15) is 5.26 Å². The van der Waals surface area contributed by atoms with Gasteiger partial charge < -0.3 is 4.90 Å². The number of pyridine rings is 2. The van der Waals surface area contributed by atoms with E-state index in [9.17, 15) is 4.79 Å². The lowest BCUT2D eigenvalue weighted by Crippen LogP contribution is -2.28. The molecule has 1 atom stereocenters. The summed E-state index contributed by atoms with van der Waals surface area (Å²) >= 11 is 3.01. The van der Waals surface area contributed by atoms with E-state index in [0.29, 0.717) is 22.9 Å². The van der Waals surface area contributed by atoms with E-state index in [1.165, 1.54) is 11.8 Å². The minimum atomic E-state index is -0.116. The molecule has 5 nitrogen and oxygen atoms in total. The Kier molecular flexibility index (Phi) is 4.84. The first kappa shape index (κ1) is 15.8. The largest absolute Gasteiger partial charge is 0.320 e. The van der Waals surface area contributed by atoms with E-state index in [4.69, 9.17) is 5.26 Å². The van der Waals surface area contributed by atoms with Crippen LogP contribution in [-0.2, 0) is 11.3 Å². The molecule has 0 N–H and O–H groups in total. The molecule has 3 heterocycles. The third-order valence-electron chi connectivity index (χ3n) is 3.52. The molecule has 2 aromatic heterocycles. The monoisotopic (exact) mass is 342 g/mol. The predicted molar refractivity (Wildman–Crippen MR) is 90.7 cm³/mol. The van der Waals surface area contributed by atoms with Gasteiger partial charge in [0.05, 0.1) is 17.0 Å². The SMILES string of the molecule is CSc1nc(C2SCC(=O)N2Cc2ccncc2)ccc1C#N. The number of rotatable bonds is 4. The normalized spacial score (nSPS) is 17.3. The maximum absolute atomic E-state index is 12.2. The van der Waals surface area contributed by atoms with Crippen molar-refractivity contribution in [3.8, 4) is 6.07 Å². The van der Waals surface area contributed by atoms with Crippen molar-refractivity contribution in [2.24, 2.45) is 0 Å². The number of amides is 1. The average molecular weight is 342 g/mol. The Bertz CT molecular complexity index is 760. The first-order valence-electron chi connectivity index (χ1n) is 6.98. The van der Waals surface area contributed by atoms with Crippen LogP contribution in [0.1, 0.15) is 22.2 Å². The molecule has 1 amide bonds. The Labute approximate surface area is 143 Å². The van der Waals surface area contributed by atoms with Gasteiger partial charge in [-0.3, -0.25) is 9.78 Å². The van der Waals surface area contributed by atoms with Gasteiger partial charge in [0.25, 0.3) is 0 Å². The van der Waals surface area contributed by atoms with E-state index in [2.05, 4.69) is 16.0 Å². The summed E-state index contributed by atoms with van der Waals surface area (Å²) < 4.78 is 0. The van der Waals surface area contributed by atoms with Crippen LogP contribution in [0.2, 0.25) is 0 Å². The zero-order chi connectivity index (χ0) is 16.2. The van der Waals surface area contributed by atoms with Crippen LogP contribution in [-0.4, -0.2) is 32.8 Å². The van der Waals surface area contributed by atoms with Gasteiger partial charge in [0.15, 0.2) is 0 Å². The smallest absolute Gasteiger partial charge is 0.234 e. The van der Waals surface area contributed by atoms with Gasteiger partial charge in [0.1, 0.15) is 16.5 Å². The molecule has 1 aliphatic rings. The van der Waals surface area contributed by atoms with E-state index >= 15 is 0 Å². The minimum Gasteiger partial charge on any atom is -0.320 e. The summed E-state index contributed by atoms with van der Waals surface area (Å²) in [5.74, 6) is 0.556. The van der Waals surface area contributed by atoms with E-state index in [1.54, 1.807) is 30.2 Å². The van der Waals surface area contributed by atoms with Crippen molar-refractivity contribution < 1.29 is 4.79 Å². The molecule has 0 bridgehead atoms. The average Bonchev–Trinajstić information content (AvgIpc) is 2.96. The van der Waals surface area contributed by atoms with Crippen LogP contribution >= 0.6 is 23.5 Å². The summed E-state index contributed by atoms with van der Waals surface area (Å²) in [6.07, 6.45) is 5.35. The van der Waals surface area contributed by atoms with Crippen LogP contribution in [0.15, 0.2) is 41.7 Å². The van der Waals surface area contributed by atoms with Gasteiger partial charge in [-0.15, -0.1) is 23.5 Å². The topological polar surface area (TPSA) is 69.9 Å². The fourth-order valence-corrected chi connectivity index (χ4v) is 4.06. The highest BCUT2D eigenvalue weighted by atomic mass is 32.2. The second kappa shape index (κ2) is 7.02. The van der Waals surface area contributed by atoms with Gasteiger partial charge >= 0.3 is 0 Å². The minimum absolute atomic E-state index is 0.105. The molecule has 2 aromatic rings. The van der Waals surface area contributed by atoms with Crippen molar-refractivity contribution in [2.45, 2.75) is 16.9 Å². The van der Waals surface area contributed by atoms with E-state index < -0.39 is 0 Å². The van der Waals surface area contributed by atoms with Crippen LogP contribution in [0.25, 0.3) is 0 Å². The highest BCUT2D eigenvalue weighted by Gasteiger charge is 2.34. The Balaban J connectivity index is 1.89. The molecule has 116 valence electrons. The van der Waals surface area contributed by atoms with Crippen molar-refractivity contribution in [1.82, 2.24) is 14.9 Å². The summed E-state index contributed by atoms with van der Waals surface area (Å²) in [6, 6.07) is 9.59. The number of carbonyl (C=O) groups excluding carboxylic acids is 1. The number of hydrogen-bond acceptors (Lipinski definition) is 6. The van der Waals surface area contributed by atoms with Crippen molar-refractivity contribution in [2.75, 3.05) is 12.0 Å². The lowest BCUT2D eigenvalue weighted by Gasteiger charge is -2.24. The number of aromatic nitrogens is 2. The zero-order valence-corrected chi connectivity index (χ0v) is 14.1. The number of carbonyl (C=O) groups is 1. The molecule has 1 aliphatic heterocycles. The summed E-state index contributed by atoms with van der Waals surface area (Å²) in [5, 5.41) is 9.70. The molecule has 1 saturated heterocycles. The van der Waals surface area contributed by atoms with E-state index in [1.807, 2.05) is 29.4 Å². The molecule has 0 saturated carbocycles. The number of nitrogens with zero attached hydrogens (tertiary/aromatic N) is 4. The van der Waals surface area contributed by atoms with Gasteiger partial charge in [0, 0.05) is 18.9 Å². The van der Waals surface area contributed by atoms with E-state index in [0.717, 1.165) is 11.3 Å². The Morgan fingerprint density at radius 1 is 1.39 bits per heavy atom. The van der Waals surface area contributed by atoms with Crippen LogP contribution in [0.5, 0.6) is 0 Å².